The van der Waals surface area contributed by atoms with Crippen LogP contribution in [0.3, 0.4) is 0 Å². The van der Waals surface area contributed by atoms with E-state index in [0.717, 1.165) is 23.4 Å². The number of para-hydroxylation sites is 1. The number of allylic oxidation sites excluding steroid dienone is 2. The molecule has 0 amide bonds. The second-order valence-corrected chi connectivity index (χ2v) is 8.55. The molecule has 2 aliphatic rings. The zero-order valence-electron chi connectivity index (χ0n) is 16.4. The number of benzene rings is 1. The molecule has 6 heteroatoms. The topological polar surface area (TPSA) is 79.8 Å². The normalized spacial score (nSPS) is 20.1. The predicted molar refractivity (Wildman–Crippen MR) is 111 cm³/mol. The number of anilines is 1. The Kier molecular flexibility index (Phi) is 3.84. The van der Waals surface area contributed by atoms with Crippen molar-refractivity contribution in [1.82, 2.24) is 14.8 Å². The maximum atomic E-state index is 13.4. The van der Waals surface area contributed by atoms with E-state index in [9.17, 15) is 9.59 Å². The number of hydrogen-bond donors (Lipinski definition) is 2. The van der Waals surface area contributed by atoms with Gasteiger partial charge in [-0.1, -0.05) is 32.0 Å². The number of Topliss-reactive ketones (excluding diaryl/α,β-unsaturated/α-hetero) is 1. The van der Waals surface area contributed by atoms with Crippen molar-refractivity contribution in [3.63, 3.8) is 0 Å². The number of carbonyl (C=O) groups excluding carboxylic acids is 1. The number of nitrogens with zero attached hydrogens (tertiary/aromatic N) is 2. The van der Waals surface area contributed by atoms with Gasteiger partial charge in [0.05, 0.1) is 11.3 Å². The predicted octanol–water partition coefficient (Wildman–Crippen LogP) is 3.76. The van der Waals surface area contributed by atoms with Crippen LogP contribution in [0.4, 0.5) is 5.82 Å². The number of carbonyl (C=O) groups is 1. The SMILES string of the molecule is CC1(C)CC(=O)C2=C(C1)Nc1[nH]n(-c3ccccc3)c(=O)c1[C@H]2c1ccncc1. The molecule has 1 aromatic carbocycles. The molecule has 5 rings (SSSR count). The molecule has 3 heterocycles. The van der Waals surface area contributed by atoms with E-state index in [0.29, 0.717) is 23.4 Å². The number of fused-ring (bicyclic) bond motifs is 1. The molecule has 0 bridgehead atoms. The lowest BCUT2D eigenvalue weighted by Gasteiger charge is -2.37. The maximum absolute atomic E-state index is 13.4. The number of pyridine rings is 1. The van der Waals surface area contributed by atoms with Crippen LogP contribution in [0.15, 0.2) is 70.9 Å². The minimum Gasteiger partial charge on any atom is -0.343 e. The molecule has 1 atom stereocenters. The Bertz CT molecular complexity index is 1190. The van der Waals surface area contributed by atoms with E-state index in [2.05, 4.69) is 29.2 Å². The van der Waals surface area contributed by atoms with Crippen LogP contribution in [0.25, 0.3) is 5.69 Å². The smallest absolute Gasteiger partial charge is 0.277 e. The van der Waals surface area contributed by atoms with Crippen molar-refractivity contribution in [3.05, 3.63) is 87.6 Å². The third-order valence-corrected chi connectivity index (χ3v) is 5.75. The van der Waals surface area contributed by atoms with Crippen molar-refractivity contribution in [2.24, 2.45) is 5.41 Å². The van der Waals surface area contributed by atoms with E-state index in [1.165, 1.54) is 0 Å². The zero-order valence-corrected chi connectivity index (χ0v) is 16.4. The van der Waals surface area contributed by atoms with Gasteiger partial charge in [0.2, 0.25) is 0 Å². The highest BCUT2D eigenvalue weighted by Crippen LogP contribution is 2.47. The first-order valence-corrected chi connectivity index (χ1v) is 9.78. The Morgan fingerprint density at radius 2 is 1.76 bits per heavy atom. The summed E-state index contributed by atoms with van der Waals surface area (Å²) >= 11 is 0. The highest BCUT2D eigenvalue weighted by Gasteiger charge is 2.42. The minimum atomic E-state index is -0.401. The van der Waals surface area contributed by atoms with Crippen molar-refractivity contribution >= 4 is 11.6 Å². The van der Waals surface area contributed by atoms with Crippen LogP contribution >= 0.6 is 0 Å². The number of H-pyrrole nitrogens is 1. The molecule has 0 saturated heterocycles. The Balaban J connectivity index is 1.75. The van der Waals surface area contributed by atoms with Crippen molar-refractivity contribution in [2.75, 3.05) is 5.32 Å². The van der Waals surface area contributed by atoms with Gasteiger partial charge in [-0.15, -0.1) is 0 Å². The van der Waals surface area contributed by atoms with Gasteiger partial charge in [-0.3, -0.25) is 19.7 Å². The van der Waals surface area contributed by atoms with Crippen molar-refractivity contribution < 1.29 is 4.79 Å². The van der Waals surface area contributed by atoms with Crippen LogP contribution < -0.4 is 10.9 Å². The summed E-state index contributed by atoms with van der Waals surface area (Å²) in [5.74, 6) is 0.356. The van der Waals surface area contributed by atoms with Crippen LogP contribution in [0.5, 0.6) is 0 Å². The van der Waals surface area contributed by atoms with Crippen molar-refractivity contribution in [2.45, 2.75) is 32.6 Å². The number of aromatic nitrogens is 3. The summed E-state index contributed by atoms with van der Waals surface area (Å²) < 4.78 is 1.54. The number of rotatable bonds is 2. The average Bonchev–Trinajstić information content (AvgIpc) is 3.03. The second kappa shape index (κ2) is 6.30. The van der Waals surface area contributed by atoms with Gasteiger partial charge in [-0.2, -0.15) is 0 Å². The van der Waals surface area contributed by atoms with E-state index >= 15 is 0 Å². The molecule has 29 heavy (non-hydrogen) atoms. The van der Waals surface area contributed by atoms with Crippen LogP contribution in [-0.2, 0) is 4.79 Å². The summed E-state index contributed by atoms with van der Waals surface area (Å²) in [5, 5.41) is 6.61. The van der Waals surface area contributed by atoms with E-state index in [1.54, 1.807) is 17.1 Å². The fraction of sp³-hybridized carbons (Fsp3) is 0.261. The summed E-state index contributed by atoms with van der Waals surface area (Å²) in [6.45, 7) is 4.20. The average molecular weight is 386 g/mol. The quantitative estimate of drug-likeness (QED) is 0.703. The first-order valence-electron chi connectivity index (χ1n) is 9.78. The first-order chi connectivity index (χ1) is 13.9. The molecular weight excluding hydrogens is 364 g/mol. The van der Waals surface area contributed by atoms with Gasteiger partial charge < -0.3 is 5.32 Å². The van der Waals surface area contributed by atoms with Crippen LogP contribution in [0, 0.1) is 5.41 Å². The van der Waals surface area contributed by atoms with E-state index in [1.807, 2.05) is 42.5 Å². The van der Waals surface area contributed by atoms with E-state index in [-0.39, 0.29) is 16.8 Å². The largest absolute Gasteiger partial charge is 0.343 e. The summed E-state index contributed by atoms with van der Waals surface area (Å²) in [5.41, 5.74) is 3.58. The van der Waals surface area contributed by atoms with Gasteiger partial charge in [-0.25, -0.2) is 4.68 Å². The lowest BCUT2D eigenvalue weighted by molar-refractivity contribution is -0.118. The molecular formula is C23H22N4O2. The van der Waals surface area contributed by atoms with E-state index < -0.39 is 5.92 Å². The zero-order chi connectivity index (χ0) is 20.2. The highest BCUT2D eigenvalue weighted by molar-refractivity contribution is 6.01. The Hall–Kier alpha value is -3.41. The van der Waals surface area contributed by atoms with Gasteiger partial charge in [-0.05, 0) is 41.7 Å². The second-order valence-electron chi connectivity index (χ2n) is 8.55. The Labute approximate surface area is 168 Å². The van der Waals surface area contributed by atoms with Gasteiger partial charge in [0.25, 0.3) is 5.56 Å². The molecule has 0 spiro atoms. The molecule has 0 saturated carbocycles. The first kappa shape index (κ1) is 17.7. The summed E-state index contributed by atoms with van der Waals surface area (Å²) in [4.78, 5) is 30.8. The van der Waals surface area contributed by atoms with E-state index in [4.69, 9.17) is 0 Å². The monoisotopic (exact) mass is 386 g/mol. The highest BCUT2D eigenvalue weighted by atomic mass is 16.1. The lowest BCUT2D eigenvalue weighted by Crippen LogP contribution is -2.35. The molecule has 1 aliphatic heterocycles. The van der Waals surface area contributed by atoms with Gasteiger partial charge in [0.15, 0.2) is 5.78 Å². The molecule has 0 unspecified atom stereocenters. The van der Waals surface area contributed by atoms with Crippen LogP contribution in [-0.4, -0.2) is 20.5 Å². The number of hydrogen-bond acceptors (Lipinski definition) is 4. The molecule has 1 aliphatic carbocycles. The third-order valence-electron chi connectivity index (χ3n) is 5.75. The molecule has 2 aromatic heterocycles. The fourth-order valence-electron chi connectivity index (χ4n) is 4.54. The maximum Gasteiger partial charge on any atom is 0.277 e. The molecule has 0 fully saturated rings. The lowest BCUT2D eigenvalue weighted by atomic mass is 9.69. The Morgan fingerprint density at radius 3 is 2.48 bits per heavy atom. The number of aromatic amines is 1. The molecule has 146 valence electrons. The summed E-state index contributed by atoms with van der Waals surface area (Å²) in [6.07, 6.45) is 4.64. The number of nitrogens with one attached hydrogen (secondary N) is 2. The van der Waals surface area contributed by atoms with Crippen LogP contribution in [0.2, 0.25) is 0 Å². The van der Waals surface area contributed by atoms with Gasteiger partial charge in [0, 0.05) is 36.0 Å². The molecule has 3 aromatic rings. The molecule has 6 nitrogen and oxygen atoms in total. The summed E-state index contributed by atoms with van der Waals surface area (Å²) in [6, 6.07) is 13.2. The van der Waals surface area contributed by atoms with Gasteiger partial charge >= 0.3 is 0 Å². The molecule has 0 radical (unpaired) electrons. The third kappa shape index (κ3) is 2.83. The fourth-order valence-corrected chi connectivity index (χ4v) is 4.54. The number of ketones is 1. The summed E-state index contributed by atoms with van der Waals surface area (Å²) in [7, 11) is 0. The Morgan fingerprint density at radius 1 is 1.03 bits per heavy atom. The molecule has 2 N–H and O–H groups in total. The standard InChI is InChI=1S/C23H22N4O2/c1-23(2)12-16-19(17(28)13-23)18(14-8-10-24-11-9-14)20-21(25-16)26-27(22(20)29)15-6-4-3-5-7-15/h3-11,18,25-26H,12-13H2,1-2H3/t18-/m0/s1. The minimum absolute atomic E-state index is 0.100. The van der Waals surface area contributed by atoms with Crippen molar-refractivity contribution in [3.8, 4) is 5.69 Å². The van der Waals surface area contributed by atoms with Gasteiger partial charge in [0.1, 0.15) is 5.82 Å². The van der Waals surface area contributed by atoms with Crippen molar-refractivity contribution in [1.29, 1.82) is 0 Å². The van der Waals surface area contributed by atoms with Crippen LogP contribution in [0.1, 0.15) is 43.7 Å².